The van der Waals surface area contributed by atoms with Crippen LogP contribution < -0.4 is 10.6 Å². The van der Waals surface area contributed by atoms with E-state index in [0.29, 0.717) is 12.4 Å². The third-order valence-electron chi connectivity index (χ3n) is 2.44. The molecule has 0 fully saturated rings. The molecule has 1 aromatic heterocycles. The second-order valence-electron chi connectivity index (χ2n) is 4.23. The number of hydrogen-bond donors (Lipinski definition) is 2. The van der Waals surface area contributed by atoms with Gasteiger partial charge in [0.05, 0.1) is 6.61 Å². The van der Waals surface area contributed by atoms with Crippen LogP contribution in [0, 0.1) is 0 Å². The molecule has 0 saturated carbocycles. The van der Waals surface area contributed by atoms with Crippen molar-refractivity contribution in [3.05, 3.63) is 11.9 Å². The first kappa shape index (κ1) is 16.6. The Balaban J connectivity index is 2.46. The van der Waals surface area contributed by atoms with Crippen molar-refractivity contribution >= 4 is 11.6 Å². The standard InChI is InChI=1S/C13H22F2N4O/c1-3-5-16-12-8-13(19-11(4-2)18-12)17-6-7-20-9-10(14)15/h8,10H,3-7,9H2,1-2H3,(H2,16,17,18,19). The molecule has 1 rings (SSSR count). The highest BCUT2D eigenvalue weighted by molar-refractivity contribution is 5.47. The topological polar surface area (TPSA) is 59.1 Å². The van der Waals surface area contributed by atoms with Gasteiger partial charge in [-0.05, 0) is 6.42 Å². The first-order chi connectivity index (χ1) is 9.65. The molecule has 0 aliphatic heterocycles. The summed E-state index contributed by atoms with van der Waals surface area (Å²) in [6, 6.07) is 1.81. The number of hydrogen-bond acceptors (Lipinski definition) is 5. The van der Waals surface area contributed by atoms with Crippen molar-refractivity contribution in [1.82, 2.24) is 9.97 Å². The number of nitrogens with zero attached hydrogens (tertiary/aromatic N) is 2. The Morgan fingerprint density at radius 2 is 1.80 bits per heavy atom. The monoisotopic (exact) mass is 288 g/mol. The maximum absolute atomic E-state index is 11.9. The molecular formula is C13H22F2N4O. The van der Waals surface area contributed by atoms with Crippen LogP contribution in [0.15, 0.2) is 6.07 Å². The molecule has 0 aromatic carbocycles. The lowest BCUT2D eigenvalue weighted by molar-refractivity contribution is 0.0215. The van der Waals surface area contributed by atoms with Gasteiger partial charge in [0.15, 0.2) is 0 Å². The highest BCUT2D eigenvalue weighted by Gasteiger charge is 2.04. The van der Waals surface area contributed by atoms with E-state index < -0.39 is 13.0 Å². The molecule has 0 atom stereocenters. The molecule has 0 amide bonds. The van der Waals surface area contributed by atoms with Gasteiger partial charge in [-0.15, -0.1) is 0 Å². The molecule has 0 radical (unpaired) electrons. The van der Waals surface area contributed by atoms with E-state index in [1.807, 2.05) is 13.0 Å². The fraction of sp³-hybridized carbons (Fsp3) is 0.692. The average Bonchev–Trinajstić information content (AvgIpc) is 2.44. The van der Waals surface area contributed by atoms with Gasteiger partial charge < -0.3 is 15.4 Å². The average molecular weight is 288 g/mol. The first-order valence-corrected chi connectivity index (χ1v) is 6.87. The lowest BCUT2D eigenvalue weighted by Gasteiger charge is -2.10. The molecule has 0 saturated heterocycles. The molecule has 5 nitrogen and oxygen atoms in total. The number of aryl methyl sites for hydroxylation is 1. The van der Waals surface area contributed by atoms with Crippen molar-refractivity contribution in [2.24, 2.45) is 0 Å². The maximum atomic E-state index is 11.9. The van der Waals surface area contributed by atoms with Gasteiger partial charge in [-0.1, -0.05) is 13.8 Å². The molecule has 0 unspecified atom stereocenters. The van der Waals surface area contributed by atoms with Gasteiger partial charge >= 0.3 is 0 Å². The van der Waals surface area contributed by atoms with E-state index in [1.54, 1.807) is 0 Å². The van der Waals surface area contributed by atoms with E-state index in [2.05, 4.69) is 27.5 Å². The summed E-state index contributed by atoms with van der Waals surface area (Å²) in [6.07, 6.45) is -0.681. The summed E-state index contributed by atoms with van der Waals surface area (Å²) in [5.41, 5.74) is 0. The summed E-state index contributed by atoms with van der Waals surface area (Å²) in [5.74, 6) is 2.19. The second-order valence-corrected chi connectivity index (χ2v) is 4.23. The van der Waals surface area contributed by atoms with Gasteiger partial charge in [-0.2, -0.15) is 0 Å². The van der Waals surface area contributed by atoms with Crippen LogP contribution in [0.25, 0.3) is 0 Å². The summed E-state index contributed by atoms with van der Waals surface area (Å²) in [4.78, 5) is 8.69. The minimum atomic E-state index is -2.43. The molecule has 0 spiro atoms. The van der Waals surface area contributed by atoms with Crippen molar-refractivity contribution in [3.63, 3.8) is 0 Å². The highest BCUT2D eigenvalue weighted by Crippen LogP contribution is 2.11. The fourth-order valence-corrected chi connectivity index (χ4v) is 1.51. The third-order valence-corrected chi connectivity index (χ3v) is 2.44. The van der Waals surface area contributed by atoms with Crippen LogP contribution >= 0.6 is 0 Å². The van der Waals surface area contributed by atoms with Crippen molar-refractivity contribution in [3.8, 4) is 0 Å². The van der Waals surface area contributed by atoms with Crippen LogP contribution in [0.4, 0.5) is 20.4 Å². The molecule has 1 heterocycles. The van der Waals surface area contributed by atoms with E-state index in [4.69, 9.17) is 4.74 Å². The minimum absolute atomic E-state index is 0.216. The number of ether oxygens (including phenoxy) is 1. The number of aromatic nitrogens is 2. The number of anilines is 2. The predicted octanol–water partition coefficient (Wildman–Crippen LogP) is 2.55. The number of rotatable bonds is 10. The quantitative estimate of drug-likeness (QED) is 0.648. The Hall–Kier alpha value is -1.50. The van der Waals surface area contributed by atoms with Crippen LogP contribution in [0.5, 0.6) is 0 Å². The maximum Gasteiger partial charge on any atom is 0.261 e. The minimum Gasteiger partial charge on any atom is -0.374 e. The van der Waals surface area contributed by atoms with Crippen LogP contribution in [-0.4, -0.2) is 42.7 Å². The Bertz CT molecular complexity index is 391. The SMILES string of the molecule is CCCNc1cc(NCCOCC(F)F)nc(CC)n1. The zero-order valence-electron chi connectivity index (χ0n) is 12.0. The first-order valence-electron chi connectivity index (χ1n) is 6.87. The summed E-state index contributed by atoms with van der Waals surface area (Å²) in [6.45, 7) is 5.02. The molecule has 0 aliphatic carbocycles. The molecular weight excluding hydrogens is 266 g/mol. The largest absolute Gasteiger partial charge is 0.374 e. The Kier molecular flexibility index (Phi) is 7.79. The van der Waals surface area contributed by atoms with E-state index >= 15 is 0 Å². The lowest BCUT2D eigenvalue weighted by Crippen LogP contribution is -2.15. The van der Waals surface area contributed by atoms with Crippen LogP contribution in [0.3, 0.4) is 0 Å². The van der Waals surface area contributed by atoms with Crippen molar-refractivity contribution in [1.29, 1.82) is 0 Å². The van der Waals surface area contributed by atoms with Gasteiger partial charge in [0, 0.05) is 25.6 Å². The molecule has 1 aromatic rings. The molecule has 2 N–H and O–H groups in total. The molecule has 114 valence electrons. The Labute approximate surface area is 118 Å². The van der Waals surface area contributed by atoms with Crippen molar-refractivity contribution < 1.29 is 13.5 Å². The summed E-state index contributed by atoms with van der Waals surface area (Å²) in [7, 11) is 0. The summed E-state index contributed by atoms with van der Waals surface area (Å²) >= 11 is 0. The zero-order valence-corrected chi connectivity index (χ0v) is 12.0. The van der Waals surface area contributed by atoms with Gasteiger partial charge in [0.2, 0.25) is 0 Å². The van der Waals surface area contributed by atoms with E-state index in [1.165, 1.54) is 0 Å². The van der Waals surface area contributed by atoms with Gasteiger partial charge in [0.25, 0.3) is 6.43 Å². The van der Waals surface area contributed by atoms with Crippen LogP contribution in [-0.2, 0) is 11.2 Å². The Morgan fingerprint density at radius 3 is 2.35 bits per heavy atom. The fourth-order valence-electron chi connectivity index (χ4n) is 1.51. The molecule has 0 bridgehead atoms. The molecule has 7 heteroatoms. The Morgan fingerprint density at radius 1 is 1.15 bits per heavy atom. The van der Waals surface area contributed by atoms with Crippen LogP contribution in [0.2, 0.25) is 0 Å². The van der Waals surface area contributed by atoms with Crippen molar-refractivity contribution in [2.75, 3.05) is 36.9 Å². The zero-order chi connectivity index (χ0) is 14.8. The third kappa shape index (κ3) is 6.60. The van der Waals surface area contributed by atoms with E-state index in [0.717, 1.165) is 31.0 Å². The number of alkyl halides is 2. The summed E-state index contributed by atoms with van der Waals surface area (Å²) in [5, 5.41) is 6.25. The second kappa shape index (κ2) is 9.41. The van der Waals surface area contributed by atoms with Crippen molar-refractivity contribution in [2.45, 2.75) is 33.1 Å². The van der Waals surface area contributed by atoms with E-state index in [9.17, 15) is 8.78 Å². The van der Waals surface area contributed by atoms with Gasteiger partial charge in [-0.25, -0.2) is 18.7 Å². The lowest BCUT2D eigenvalue weighted by atomic mass is 10.4. The number of halogens is 2. The molecule has 20 heavy (non-hydrogen) atoms. The van der Waals surface area contributed by atoms with Gasteiger partial charge in [0.1, 0.15) is 24.1 Å². The normalized spacial score (nSPS) is 10.8. The molecule has 0 aliphatic rings. The van der Waals surface area contributed by atoms with Crippen LogP contribution in [0.1, 0.15) is 26.1 Å². The van der Waals surface area contributed by atoms with E-state index in [-0.39, 0.29) is 6.61 Å². The highest BCUT2D eigenvalue weighted by atomic mass is 19.3. The van der Waals surface area contributed by atoms with Gasteiger partial charge in [-0.3, -0.25) is 0 Å². The summed E-state index contributed by atoms with van der Waals surface area (Å²) < 4.78 is 28.6. The predicted molar refractivity (Wildman–Crippen MR) is 75.5 cm³/mol. The smallest absolute Gasteiger partial charge is 0.261 e. The number of nitrogens with one attached hydrogen (secondary N) is 2.